The summed E-state index contributed by atoms with van der Waals surface area (Å²) in [6.07, 6.45) is 4.15. The lowest BCUT2D eigenvalue weighted by molar-refractivity contribution is 0.322. The molecule has 1 atom stereocenters. The van der Waals surface area contributed by atoms with Gasteiger partial charge in [-0.2, -0.15) is 4.98 Å². The van der Waals surface area contributed by atoms with Gasteiger partial charge < -0.3 is 14.8 Å². The Hall–Kier alpha value is -1.62. The van der Waals surface area contributed by atoms with Crippen LogP contribution < -0.4 is 5.32 Å². The molecule has 1 unspecified atom stereocenters. The number of nitrogens with one attached hydrogen (secondary N) is 2. The first kappa shape index (κ1) is 9.59. The van der Waals surface area contributed by atoms with Gasteiger partial charge in [0, 0.05) is 12.7 Å². The van der Waals surface area contributed by atoms with Crippen LogP contribution in [0.15, 0.2) is 22.9 Å². The summed E-state index contributed by atoms with van der Waals surface area (Å²) >= 11 is 0. The lowest BCUT2D eigenvalue weighted by Gasteiger charge is -2.18. The smallest absolute Gasteiger partial charge is 0.231 e. The van der Waals surface area contributed by atoms with Crippen molar-refractivity contribution in [3.05, 3.63) is 24.2 Å². The Bertz CT molecular complexity index is 442. The molecule has 2 N–H and O–H groups in total. The third-order valence-corrected chi connectivity index (χ3v) is 2.93. The fourth-order valence-electron chi connectivity index (χ4n) is 2.04. The Morgan fingerprint density at radius 3 is 3.19 bits per heavy atom. The molecule has 0 saturated carbocycles. The molecule has 0 amide bonds. The van der Waals surface area contributed by atoms with Crippen LogP contribution >= 0.6 is 0 Å². The maximum Gasteiger partial charge on any atom is 0.231 e. The minimum atomic E-state index is 0.366. The number of hydrogen-bond donors (Lipinski definition) is 2. The van der Waals surface area contributed by atoms with Gasteiger partial charge in [0.1, 0.15) is 0 Å². The van der Waals surface area contributed by atoms with Crippen molar-refractivity contribution < 1.29 is 4.52 Å². The highest BCUT2D eigenvalue weighted by Crippen LogP contribution is 2.23. The second-order valence-electron chi connectivity index (χ2n) is 4.08. The van der Waals surface area contributed by atoms with E-state index >= 15 is 0 Å². The predicted octanol–water partition coefficient (Wildman–Crippen LogP) is 1.53. The Morgan fingerprint density at radius 2 is 2.44 bits per heavy atom. The Kier molecular flexibility index (Phi) is 2.46. The lowest BCUT2D eigenvalue weighted by atomic mass is 10.00. The van der Waals surface area contributed by atoms with E-state index in [1.54, 1.807) is 0 Å². The summed E-state index contributed by atoms with van der Waals surface area (Å²) in [5.41, 5.74) is 0.902. The van der Waals surface area contributed by atoms with Crippen molar-refractivity contribution in [3.63, 3.8) is 0 Å². The van der Waals surface area contributed by atoms with Crippen LogP contribution in [0.2, 0.25) is 0 Å². The van der Waals surface area contributed by atoms with Crippen molar-refractivity contribution in [2.24, 2.45) is 0 Å². The summed E-state index contributed by atoms with van der Waals surface area (Å²) in [6.45, 7) is 2.03. The van der Waals surface area contributed by atoms with Crippen LogP contribution in [0.4, 0.5) is 0 Å². The van der Waals surface area contributed by atoms with Crippen molar-refractivity contribution in [1.82, 2.24) is 20.4 Å². The first-order valence-electron chi connectivity index (χ1n) is 5.61. The number of aromatic nitrogens is 3. The fraction of sp³-hybridized carbons (Fsp3) is 0.455. The first-order chi connectivity index (χ1) is 7.93. The average Bonchev–Trinajstić information content (AvgIpc) is 3.01. The average molecular weight is 218 g/mol. The molecule has 0 spiro atoms. The highest BCUT2D eigenvalue weighted by Gasteiger charge is 2.21. The molecule has 0 aromatic carbocycles. The Labute approximate surface area is 93.3 Å². The van der Waals surface area contributed by atoms with Gasteiger partial charge in [0.2, 0.25) is 11.7 Å². The summed E-state index contributed by atoms with van der Waals surface area (Å²) in [4.78, 5) is 7.50. The van der Waals surface area contributed by atoms with E-state index in [9.17, 15) is 0 Å². The van der Waals surface area contributed by atoms with Crippen molar-refractivity contribution >= 4 is 0 Å². The van der Waals surface area contributed by atoms with E-state index in [0.717, 1.165) is 31.1 Å². The topological polar surface area (TPSA) is 66.7 Å². The van der Waals surface area contributed by atoms with Crippen molar-refractivity contribution in [2.45, 2.75) is 18.8 Å². The number of aromatic amines is 1. The van der Waals surface area contributed by atoms with E-state index < -0.39 is 0 Å². The zero-order valence-electron chi connectivity index (χ0n) is 8.94. The van der Waals surface area contributed by atoms with Gasteiger partial charge in [0.05, 0.1) is 11.6 Å². The summed E-state index contributed by atoms with van der Waals surface area (Å²) < 4.78 is 5.31. The number of H-pyrrole nitrogens is 1. The molecule has 1 fully saturated rings. The molecule has 2 aromatic rings. The fourth-order valence-corrected chi connectivity index (χ4v) is 2.04. The maximum absolute atomic E-state index is 5.31. The molecule has 1 aliphatic heterocycles. The summed E-state index contributed by atoms with van der Waals surface area (Å²) in [5.74, 6) is 1.76. The highest BCUT2D eigenvalue weighted by atomic mass is 16.5. The van der Waals surface area contributed by atoms with E-state index in [0.29, 0.717) is 11.7 Å². The molecule has 5 heteroatoms. The molecule has 16 heavy (non-hydrogen) atoms. The van der Waals surface area contributed by atoms with Crippen LogP contribution in [0.1, 0.15) is 24.7 Å². The number of nitrogens with zero attached hydrogens (tertiary/aromatic N) is 2. The van der Waals surface area contributed by atoms with E-state index in [1.165, 1.54) is 6.42 Å². The molecule has 1 saturated heterocycles. The zero-order valence-corrected chi connectivity index (χ0v) is 8.94. The second-order valence-corrected chi connectivity index (χ2v) is 4.08. The standard InChI is InChI=1S/C11H14N4O/c1-3-8(7-12-5-1)11-14-10(15-16-11)9-4-2-6-13-9/h2,4,6,8,12-13H,1,3,5,7H2. The number of hydrogen-bond acceptors (Lipinski definition) is 4. The van der Waals surface area contributed by atoms with E-state index in [-0.39, 0.29) is 0 Å². The minimum Gasteiger partial charge on any atom is -0.359 e. The van der Waals surface area contributed by atoms with Gasteiger partial charge in [-0.05, 0) is 31.5 Å². The molecular formula is C11H14N4O. The normalized spacial score (nSPS) is 21.1. The predicted molar refractivity (Wildman–Crippen MR) is 58.9 cm³/mol. The molecule has 0 bridgehead atoms. The quantitative estimate of drug-likeness (QED) is 0.802. The third kappa shape index (κ3) is 1.74. The highest BCUT2D eigenvalue weighted by molar-refractivity contribution is 5.47. The molecule has 2 aromatic heterocycles. The first-order valence-corrected chi connectivity index (χ1v) is 5.61. The Balaban J connectivity index is 1.82. The van der Waals surface area contributed by atoms with Gasteiger partial charge in [-0.15, -0.1) is 0 Å². The lowest BCUT2D eigenvalue weighted by Crippen LogP contribution is -2.28. The van der Waals surface area contributed by atoms with Crippen LogP contribution in [0.3, 0.4) is 0 Å². The van der Waals surface area contributed by atoms with Crippen molar-refractivity contribution in [1.29, 1.82) is 0 Å². The van der Waals surface area contributed by atoms with E-state index in [2.05, 4.69) is 20.4 Å². The summed E-state index contributed by atoms with van der Waals surface area (Å²) in [5, 5.41) is 7.33. The van der Waals surface area contributed by atoms with Gasteiger partial charge in [-0.25, -0.2) is 0 Å². The second kappa shape index (κ2) is 4.09. The van der Waals surface area contributed by atoms with Gasteiger partial charge in [0.25, 0.3) is 0 Å². The molecule has 0 aliphatic carbocycles. The SMILES string of the molecule is c1c[nH]c(-c2noc(C3CCCNC3)n2)c1. The molecule has 5 nitrogen and oxygen atoms in total. The number of piperidine rings is 1. The van der Waals surface area contributed by atoms with Gasteiger partial charge in [-0.1, -0.05) is 5.16 Å². The summed E-state index contributed by atoms with van der Waals surface area (Å²) in [7, 11) is 0. The van der Waals surface area contributed by atoms with Gasteiger partial charge in [0.15, 0.2) is 0 Å². The molecule has 3 heterocycles. The summed E-state index contributed by atoms with van der Waals surface area (Å²) in [6, 6.07) is 3.86. The number of rotatable bonds is 2. The monoisotopic (exact) mass is 218 g/mol. The van der Waals surface area contributed by atoms with Gasteiger partial charge in [-0.3, -0.25) is 0 Å². The molecular weight excluding hydrogens is 204 g/mol. The van der Waals surface area contributed by atoms with Crippen LogP contribution in [-0.2, 0) is 0 Å². The minimum absolute atomic E-state index is 0.366. The van der Waals surface area contributed by atoms with E-state index in [4.69, 9.17) is 4.52 Å². The molecule has 0 radical (unpaired) electrons. The van der Waals surface area contributed by atoms with Crippen LogP contribution in [0.5, 0.6) is 0 Å². The zero-order chi connectivity index (χ0) is 10.8. The van der Waals surface area contributed by atoms with Gasteiger partial charge >= 0.3 is 0 Å². The van der Waals surface area contributed by atoms with Crippen LogP contribution in [-0.4, -0.2) is 28.2 Å². The van der Waals surface area contributed by atoms with Crippen molar-refractivity contribution in [2.75, 3.05) is 13.1 Å². The maximum atomic E-state index is 5.31. The van der Waals surface area contributed by atoms with Crippen molar-refractivity contribution in [3.8, 4) is 11.5 Å². The Morgan fingerprint density at radius 1 is 1.44 bits per heavy atom. The van der Waals surface area contributed by atoms with E-state index in [1.807, 2.05) is 18.3 Å². The van der Waals surface area contributed by atoms with Crippen LogP contribution in [0, 0.1) is 0 Å². The molecule has 84 valence electrons. The largest absolute Gasteiger partial charge is 0.359 e. The molecule has 3 rings (SSSR count). The van der Waals surface area contributed by atoms with Crippen LogP contribution in [0.25, 0.3) is 11.5 Å². The third-order valence-electron chi connectivity index (χ3n) is 2.93. The molecule has 1 aliphatic rings.